The Morgan fingerprint density at radius 2 is 1.75 bits per heavy atom. The summed E-state index contributed by atoms with van der Waals surface area (Å²) >= 11 is 0. The molecule has 0 bridgehead atoms. The molecule has 0 aliphatic heterocycles. The Kier molecular flexibility index (Phi) is 9.78. The van der Waals surface area contributed by atoms with Gasteiger partial charge in [-0.25, -0.2) is 11.6 Å². The molecule has 0 amide bonds. The van der Waals surface area contributed by atoms with Crippen molar-refractivity contribution in [3.05, 3.63) is 23.8 Å². The first-order valence-corrected chi connectivity index (χ1v) is 5.53. The minimum Gasteiger partial charge on any atom is -0.269 e. The van der Waals surface area contributed by atoms with Gasteiger partial charge in [0.2, 0.25) is 0 Å². The molecule has 0 N–H and O–H groups in total. The van der Waals surface area contributed by atoms with Crippen LogP contribution in [0.4, 0.5) is 0 Å². The maximum atomic E-state index is 3.53. The molecule has 0 radical (unpaired) electrons. The molecule has 0 atom stereocenters. The molecule has 2 aliphatic rings. The molecule has 2 aliphatic carbocycles. The van der Waals surface area contributed by atoms with Gasteiger partial charge in [-0.3, -0.25) is 6.08 Å². The van der Waals surface area contributed by atoms with E-state index in [0.717, 1.165) is 12.3 Å². The van der Waals surface area contributed by atoms with Crippen molar-refractivity contribution >= 4 is 24.8 Å². The molecule has 0 aromatic heterocycles. The summed E-state index contributed by atoms with van der Waals surface area (Å²) in [5.74, 6) is 0.778. The van der Waals surface area contributed by atoms with Crippen LogP contribution in [0.5, 0.6) is 0 Å². The molecule has 2 rings (SSSR count). The van der Waals surface area contributed by atoms with E-state index in [1.54, 1.807) is 0 Å². The van der Waals surface area contributed by atoms with Crippen molar-refractivity contribution in [2.24, 2.45) is 11.3 Å². The standard InChI is InChI=1S/C13H19.2ClH.Zr/c1-11(2)13(9-5-6-10-13)12-7-3-4-8-12;;;/h3,7,11H,4-6,9-10H2,1-2H3;2*1H;/q-1;;;. The zero-order valence-electron chi connectivity index (χ0n) is 10.1. The fourth-order valence-electron chi connectivity index (χ4n) is 2.91. The largest absolute Gasteiger partial charge is 0.269 e. The van der Waals surface area contributed by atoms with Crippen molar-refractivity contribution in [3.63, 3.8) is 0 Å². The topological polar surface area (TPSA) is 0 Å². The SMILES string of the molecule is CC(C)C1(C2=[C-]CC=C2)CCCC1.Cl.Cl.[Zr]. The van der Waals surface area contributed by atoms with Gasteiger partial charge < -0.3 is 0 Å². The number of halogens is 2. The fraction of sp³-hybridized carbons (Fsp3) is 0.692. The van der Waals surface area contributed by atoms with Crippen LogP contribution in [-0.2, 0) is 26.2 Å². The van der Waals surface area contributed by atoms with Gasteiger partial charge in [-0.2, -0.15) is 6.08 Å². The fourth-order valence-corrected chi connectivity index (χ4v) is 2.91. The second-order valence-electron chi connectivity index (χ2n) is 4.71. The Morgan fingerprint density at radius 3 is 2.12 bits per heavy atom. The van der Waals surface area contributed by atoms with Gasteiger partial charge >= 0.3 is 0 Å². The zero-order chi connectivity index (χ0) is 9.31. The monoisotopic (exact) mass is 337 g/mol. The average molecular weight is 339 g/mol. The summed E-state index contributed by atoms with van der Waals surface area (Å²) in [6.45, 7) is 4.73. The van der Waals surface area contributed by atoms with Crippen LogP contribution in [-0.4, -0.2) is 0 Å². The van der Waals surface area contributed by atoms with Gasteiger partial charge in [-0.15, -0.1) is 31.2 Å². The summed E-state index contributed by atoms with van der Waals surface area (Å²) in [4.78, 5) is 0. The Balaban J connectivity index is 0. The average Bonchev–Trinajstić information content (AvgIpc) is 2.75. The molecule has 92 valence electrons. The summed E-state index contributed by atoms with van der Waals surface area (Å²) in [5, 5.41) is 0. The van der Waals surface area contributed by atoms with Gasteiger partial charge in [0.05, 0.1) is 0 Å². The van der Waals surface area contributed by atoms with Crippen LogP contribution in [0.2, 0.25) is 0 Å². The summed E-state index contributed by atoms with van der Waals surface area (Å²) in [5.41, 5.74) is 2.01. The molecule has 0 aromatic carbocycles. The van der Waals surface area contributed by atoms with Crippen molar-refractivity contribution in [2.45, 2.75) is 46.0 Å². The minimum absolute atomic E-state index is 0. The van der Waals surface area contributed by atoms with E-state index >= 15 is 0 Å². The quantitative estimate of drug-likeness (QED) is 0.638. The van der Waals surface area contributed by atoms with E-state index < -0.39 is 0 Å². The van der Waals surface area contributed by atoms with E-state index in [1.165, 1.54) is 31.3 Å². The van der Waals surface area contributed by atoms with Gasteiger partial charge in [-0.1, -0.05) is 26.7 Å². The number of allylic oxidation sites excluding steroid dienone is 4. The summed E-state index contributed by atoms with van der Waals surface area (Å²) in [6, 6.07) is 0. The third kappa shape index (κ3) is 3.47. The molecular formula is C13H21Cl2Zr-. The first-order valence-electron chi connectivity index (χ1n) is 5.53. The molecule has 3 heteroatoms. The molecule has 16 heavy (non-hydrogen) atoms. The number of hydrogen-bond acceptors (Lipinski definition) is 0. The predicted octanol–water partition coefficient (Wildman–Crippen LogP) is 4.73. The van der Waals surface area contributed by atoms with Crippen LogP contribution in [0.3, 0.4) is 0 Å². The summed E-state index contributed by atoms with van der Waals surface area (Å²) in [7, 11) is 0. The van der Waals surface area contributed by atoms with Crippen LogP contribution < -0.4 is 0 Å². The van der Waals surface area contributed by atoms with E-state index in [4.69, 9.17) is 0 Å². The smallest absolute Gasteiger partial charge is 0 e. The van der Waals surface area contributed by atoms with Crippen LogP contribution in [0.1, 0.15) is 46.0 Å². The Hall–Kier alpha value is 0.943. The van der Waals surface area contributed by atoms with Gasteiger partial charge in [0.1, 0.15) is 0 Å². The van der Waals surface area contributed by atoms with E-state index in [-0.39, 0.29) is 51.0 Å². The van der Waals surface area contributed by atoms with E-state index in [0.29, 0.717) is 5.41 Å². The van der Waals surface area contributed by atoms with Gasteiger partial charge in [-0.05, 0) is 24.2 Å². The number of hydrogen-bond donors (Lipinski definition) is 0. The van der Waals surface area contributed by atoms with Crippen LogP contribution in [0.25, 0.3) is 0 Å². The summed E-state index contributed by atoms with van der Waals surface area (Å²) < 4.78 is 0. The van der Waals surface area contributed by atoms with Gasteiger partial charge in [0, 0.05) is 26.2 Å². The second kappa shape index (κ2) is 8.12. The van der Waals surface area contributed by atoms with Crippen molar-refractivity contribution in [2.75, 3.05) is 0 Å². The number of rotatable bonds is 2. The van der Waals surface area contributed by atoms with Crippen molar-refractivity contribution < 1.29 is 26.2 Å². The molecule has 0 aromatic rings. The first kappa shape index (κ1) is 19.3. The molecule has 1 fully saturated rings. The first-order chi connectivity index (χ1) is 6.26. The normalized spacial score (nSPS) is 20.8. The molecular weight excluding hydrogens is 318 g/mol. The Bertz CT molecular complexity index is 251. The molecule has 0 unspecified atom stereocenters. The van der Waals surface area contributed by atoms with Gasteiger partial charge in [0.15, 0.2) is 0 Å². The Labute approximate surface area is 131 Å². The van der Waals surface area contributed by atoms with E-state index in [2.05, 4.69) is 32.1 Å². The van der Waals surface area contributed by atoms with Crippen molar-refractivity contribution in [1.29, 1.82) is 0 Å². The molecule has 1 saturated carbocycles. The molecule has 0 heterocycles. The molecule has 0 spiro atoms. The molecule has 0 nitrogen and oxygen atoms in total. The maximum Gasteiger partial charge on any atom is 0 e. The third-order valence-electron chi connectivity index (χ3n) is 3.83. The van der Waals surface area contributed by atoms with Crippen LogP contribution in [0.15, 0.2) is 17.7 Å². The molecule has 0 saturated heterocycles. The maximum absolute atomic E-state index is 3.53. The minimum atomic E-state index is 0. The predicted molar refractivity (Wildman–Crippen MR) is 70.7 cm³/mol. The van der Waals surface area contributed by atoms with Gasteiger partial charge in [0.25, 0.3) is 0 Å². The summed E-state index contributed by atoms with van der Waals surface area (Å²) in [6.07, 6.45) is 14.7. The third-order valence-corrected chi connectivity index (χ3v) is 3.83. The van der Waals surface area contributed by atoms with Crippen molar-refractivity contribution in [3.8, 4) is 0 Å². The second-order valence-corrected chi connectivity index (χ2v) is 4.71. The van der Waals surface area contributed by atoms with Crippen LogP contribution in [0, 0.1) is 17.4 Å². The zero-order valence-corrected chi connectivity index (χ0v) is 14.2. The Morgan fingerprint density at radius 1 is 1.19 bits per heavy atom. The van der Waals surface area contributed by atoms with E-state index in [1.807, 2.05) is 0 Å². The van der Waals surface area contributed by atoms with E-state index in [9.17, 15) is 0 Å². The van der Waals surface area contributed by atoms with Crippen LogP contribution >= 0.6 is 24.8 Å². The van der Waals surface area contributed by atoms with Crippen molar-refractivity contribution in [1.82, 2.24) is 0 Å².